The topological polar surface area (TPSA) is 149 Å². The molecule has 7 atom stereocenters. The monoisotopic (exact) mass is 974 g/mol. The second-order valence-corrected chi connectivity index (χ2v) is 20.4. The molecule has 1 saturated heterocycles. The van der Waals surface area contributed by atoms with Gasteiger partial charge in [-0.3, -0.25) is 4.79 Å². The van der Waals surface area contributed by atoms with E-state index < -0.39 is 49.5 Å². The number of hydrogen-bond acceptors (Lipinski definition) is 8. The molecule has 0 aromatic heterocycles. The van der Waals surface area contributed by atoms with Gasteiger partial charge in [-0.15, -0.1) is 0 Å². The van der Waals surface area contributed by atoms with E-state index in [1.54, 1.807) is 6.08 Å². The zero-order chi connectivity index (χ0) is 50.1. The number of ether oxygens (including phenoxy) is 2. The summed E-state index contributed by atoms with van der Waals surface area (Å²) in [7, 11) is 0. The lowest BCUT2D eigenvalue weighted by molar-refractivity contribution is -0.302. The van der Waals surface area contributed by atoms with Crippen LogP contribution < -0.4 is 5.32 Å². The number of hydrogen-bond donors (Lipinski definition) is 6. The Kier molecular flexibility index (Phi) is 47.0. The van der Waals surface area contributed by atoms with Gasteiger partial charge in [0, 0.05) is 6.42 Å². The molecule has 0 aromatic carbocycles. The van der Waals surface area contributed by atoms with Crippen LogP contribution in [-0.2, 0) is 14.3 Å². The Bertz CT molecular complexity index is 1220. The molecular formula is C60H111NO8. The van der Waals surface area contributed by atoms with Crippen molar-refractivity contribution in [2.24, 2.45) is 0 Å². The third kappa shape index (κ3) is 39.4. The molecule has 1 rings (SSSR count). The molecule has 0 radical (unpaired) electrons. The molecule has 1 amide bonds. The van der Waals surface area contributed by atoms with Crippen molar-refractivity contribution in [2.75, 3.05) is 13.2 Å². The summed E-state index contributed by atoms with van der Waals surface area (Å²) in [6.07, 6.45) is 59.0. The average molecular weight is 975 g/mol. The number of aliphatic hydroxyl groups excluding tert-OH is 5. The smallest absolute Gasteiger partial charge is 0.220 e. The number of aliphatic hydroxyl groups is 5. The van der Waals surface area contributed by atoms with Gasteiger partial charge in [0.1, 0.15) is 24.4 Å². The maximum absolute atomic E-state index is 13.1. The Morgan fingerprint density at radius 1 is 0.478 bits per heavy atom. The van der Waals surface area contributed by atoms with Crippen molar-refractivity contribution in [2.45, 2.75) is 314 Å². The van der Waals surface area contributed by atoms with E-state index in [0.29, 0.717) is 6.42 Å². The summed E-state index contributed by atoms with van der Waals surface area (Å²) in [6, 6.07) is -0.829. The van der Waals surface area contributed by atoms with Crippen LogP contribution in [-0.4, -0.2) is 87.5 Å². The van der Waals surface area contributed by atoms with Crippen molar-refractivity contribution in [3.05, 3.63) is 48.6 Å². The first-order valence-electron chi connectivity index (χ1n) is 29.4. The number of carbonyl (C=O) groups excluding carboxylic acids is 1. The summed E-state index contributed by atoms with van der Waals surface area (Å²) < 4.78 is 11.3. The first-order chi connectivity index (χ1) is 33.8. The Hall–Kier alpha value is -1.85. The SMILES string of the molecule is CCCCCCCCCCC/C=C/CC/C=C/CC/C=C/C(O)C(COC1OC(CO)C(O)C(O)C1O)NC(=O)CCCCCCCCCCCCC/C=C\CCCCCCCCCCCCCC. The fourth-order valence-electron chi connectivity index (χ4n) is 9.18. The van der Waals surface area contributed by atoms with Gasteiger partial charge < -0.3 is 40.3 Å². The Labute approximate surface area is 424 Å². The largest absolute Gasteiger partial charge is 0.394 e. The highest BCUT2D eigenvalue weighted by molar-refractivity contribution is 5.76. The number of allylic oxidation sites excluding steroid dienone is 7. The summed E-state index contributed by atoms with van der Waals surface area (Å²) in [5.74, 6) is -0.190. The van der Waals surface area contributed by atoms with Gasteiger partial charge in [-0.25, -0.2) is 0 Å². The zero-order valence-electron chi connectivity index (χ0n) is 44.8. The molecule has 1 fully saturated rings. The first kappa shape index (κ1) is 65.2. The number of carbonyl (C=O) groups is 1. The zero-order valence-corrected chi connectivity index (χ0v) is 44.8. The molecule has 0 bridgehead atoms. The van der Waals surface area contributed by atoms with E-state index in [2.05, 4.69) is 55.6 Å². The molecule has 1 heterocycles. The van der Waals surface area contributed by atoms with Crippen LogP contribution in [0.15, 0.2) is 48.6 Å². The normalized spacial score (nSPS) is 19.8. The maximum Gasteiger partial charge on any atom is 0.220 e. The van der Waals surface area contributed by atoms with Crippen molar-refractivity contribution in [3.63, 3.8) is 0 Å². The third-order valence-electron chi connectivity index (χ3n) is 13.9. The molecule has 0 saturated carbocycles. The lowest BCUT2D eigenvalue weighted by Crippen LogP contribution is -2.60. The van der Waals surface area contributed by atoms with E-state index in [9.17, 15) is 30.3 Å². The second kappa shape index (κ2) is 49.7. The van der Waals surface area contributed by atoms with Crippen molar-refractivity contribution in [1.29, 1.82) is 0 Å². The number of rotatable bonds is 50. The summed E-state index contributed by atoms with van der Waals surface area (Å²) in [4.78, 5) is 13.1. The van der Waals surface area contributed by atoms with Gasteiger partial charge in [0.15, 0.2) is 6.29 Å². The molecule has 7 unspecified atom stereocenters. The molecular weight excluding hydrogens is 863 g/mol. The minimum atomic E-state index is -1.58. The molecule has 69 heavy (non-hydrogen) atoms. The molecule has 9 nitrogen and oxygen atoms in total. The second-order valence-electron chi connectivity index (χ2n) is 20.4. The van der Waals surface area contributed by atoms with Crippen LogP contribution in [0.3, 0.4) is 0 Å². The summed E-state index contributed by atoms with van der Waals surface area (Å²) in [5, 5.41) is 54.5. The highest BCUT2D eigenvalue weighted by Gasteiger charge is 2.44. The molecule has 404 valence electrons. The molecule has 1 aliphatic heterocycles. The number of unbranched alkanes of at least 4 members (excludes halogenated alkanes) is 34. The molecule has 0 aliphatic carbocycles. The van der Waals surface area contributed by atoms with Gasteiger partial charge in [-0.1, -0.05) is 242 Å². The summed E-state index contributed by atoms with van der Waals surface area (Å²) in [6.45, 7) is 3.78. The predicted molar refractivity (Wildman–Crippen MR) is 290 cm³/mol. The van der Waals surface area contributed by atoms with Crippen LogP contribution in [0.5, 0.6) is 0 Å². The van der Waals surface area contributed by atoms with E-state index >= 15 is 0 Å². The molecule has 0 spiro atoms. The third-order valence-corrected chi connectivity index (χ3v) is 13.9. The summed E-state index contributed by atoms with van der Waals surface area (Å²) in [5.41, 5.74) is 0. The van der Waals surface area contributed by atoms with Gasteiger partial charge >= 0.3 is 0 Å². The average Bonchev–Trinajstić information content (AvgIpc) is 3.35. The van der Waals surface area contributed by atoms with Gasteiger partial charge in [-0.2, -0.15) is 0 Å². The number of nitrogens with one attached hydrogen (secondary N) is 1. The van der Waals surface area contributed by atoms with Gasteiger partial charge in [0.05, 0.1) is 25.4 Å². The Morgan fingerprint density at radius 3 is 1.22 bits per heavy atom. The minimum Gasteiger partial charge on any atom is -0.394 e. The number of amides is 1. The van der Waals surface area contributed by atoms with Crippen molar-refractivity contribution >= 4 is 5.91 Å². The van der Waals surface area contributed by atoms with E-state index in [1.807, 2.05) is 6.08 Å². The van der Waals surface area contributed by atoms with Crippen LogP contribution in [0.1, 0.15) is 271 Å². The van der Waals surface area contributed by atoms with Crippen LogP contribution in [0.4, 0.5) is 0 Å². The molecule has 9 heteroatoms. The quantitative estimate of drug-likeness (QED) is 0.0261. The lowest BCUT2D eigenvalue weighted by atomic mass is 9.99. The van der Waals surface area contributed by atoms with E-state index in [1.165, 1.54) is 205 Å². The van der Waals surface area contributed by atoms with Crippen molar-refractivity contribution in [3.8, 4) is 0 Å². The van der Waals surface area contributed by atoms with Gasteiger partial charge in [-0.05, 0) is 70.6 Å². The van der Waals surface area contributed by atoms with Crippen molar-refractivity contribution < 1.29 is 39.8 Å². The van der Waals surface area contributed by atoms with Gasteiger partial charge in [0.2, 0.25) is 5.91 Å². The van der Waals surface area contributed by atoms with Crippen LogP contribution in [0, 0.1) is 0 Å². The van der Waals surface area contributed by atoms with Crippen molar-refractivity contribution in [1.82, 2.24) is 5.32 Å². The predicted octanol–water partition coefficient (Wildman–Crippen LogP) is 14.5. The van der Waals surface area contributed by atoms with Crippen LogP contribution >= 0.6 is 0 Å². The van der Waals surface area contributed by atoms with E-state index in [-0.39, 0.29) is 12.5 Å². The highest BCUT2D eigenvalue weighted by atomic mass is 16.7. The standard InChI is InChI=1S/C60H111NO8/c1-3-5-7-9-11-13-15-17-19-21-23-24-25-26-27-28-29-30-32-34-36-38-40-42-44-46-48-50-56(64)61-53(52-68-60-59(67)58(66)57(65)55(51-62)69-60)54(63)49-47-45-43-41-39-37-35-33-31-22-20-18-16-14-12-10-8-6-4-2/h26-27,31,33,39,41,47,49,53-55,57-60,62-63,65-67H,3-25,28-30,32,34-38,40,42-46,48,50-52H2,1-2H3,(H,61,64)/b27-26-,33-31+,41-39+,49-47+. The highest BCUT2D eigenvalue weighted by Crippen LogP contribution is 2.23. The molecule has 0 aromatic rings. The molecule has 6 N–H and O–H groups in total. The fraction of sp³-hybridized carbons (Fsp3) is 0.850. The minimum absolute atomic E-state index is 0.190. The summed E-state index contributed by atoms with van der Waals surface area (Å²) >= 11 is 0. The Morgan fingerprint density at radius 2 is 0.826 bits per heavy atom. The van der Waals surface area contributed by atoms with Gasteiger partial charge in [0.25, 0.3) is 0 Å². The van der Waals surface area contributed by atoms with E-state index in [4.69, 9.17) is 9.47 Å². The van der Waals surface area contributed by atoms with Crippen LogP contribution in [0.2, 0.25) is 0 Å². The Balaban J connectivity index is 2.23. The fourth-order valence-corrected chi connectivity index (χ4v) is 9.18. The van der Waals surface area contributed by atoms with Crippen LogP contribution in [0.25, 0.3) is 0 Å². The molecule has 1 aliphatic rings. The lowest BCUT2D eigenvalue weighted by Gasteiger charge is -2.40. The maximum atomic E-state index is 13.1. The first-order valence-corrected chi connectivity index (χ1v) is 29.4. The van der Waals surface area contributed by atoms with E-state index in [0.717, 1.165) is 44.9 Å².